The lowest BCUT2D eigenvalue weighted by Crippen LogP contribution is -2.69. The number of hydrogen-bond acceptors (Lipinski definition) is 2. The molecule has 2 unspecified atom stereocenters. The van der Waals surface area contributed by atoms with E-state index in [0.29, 0.717) is 5.90 Å². The summed E-state index contributed by atoms with van der Waals surface area (Å²) in [5, 5.41) is 14.9. The maximum absolute atomic E-state index is 9.18. The van der Waals surface area contributed by atoms with Crippen LogP contribution in [-0.4, -0.2) is 30.2 Å². The first-order chi connectivity index (χ1) is 4.88. The Balaban J connectivity index is 2.08. The summed E-state index contributed by atoms with van der Waals surface area (Å²) in [6.07, 6.45) is 1.09. The first-order valence-corrected chi connectivity index (χ1v) is 3.56. The molecule has 2 rings (SSSR count). The zero-order chi connectivity index (χ0) is 6.97. The van der Waals surface area contributed by atoms with E-state index in [2.05, 4.69) is 10.5 Å². The first-order valence-electron chi connectivity index (χ1n) is 3.56. The van der Waals surface area contributed by atoms with E-state index in [1.807, 2.05) is 0 Å². The van der Waals surface area contributed by atoms with Crippen LogP contribution in [0.25, 0.3) is 0 Å². The topological polar surface area (TPSA) is 55.5 Å². The molecule has 0 aliphatic carbocycles. The van der Waals surface area contributed by atoms with Crippen LogP contribution in [0.5, 0.6) is 0 Å². The molecule has 2 aliphatic rings. The van der Waals surface area contributed by atoms with Crippen LogP contribution >= 0.6 is 0 Å². The molecule has 0 bridgehead atoms. The zero-order valence-electron chi connectivity index (χ0n) is 5.63. The molecule has 1 saturated heterocycles. The van der Waals surface area contributed by atoms with Crippen molar-refractivity contribution in [3.8, 4) is 0 Å². The van der Waals surface area contributed by atoms with E-state index in [-0.39, 0.29) is 12.0 Å². The summed E-state index contributed by atoms with van der Waals surface area (Å²) in [6.45, 7) is 1.80. The third kappa shape index (κ3) is 0.759. The van der Waals surface area contributed by atoms with Crippen LogP contribution in [0.15, 0.2) is 0 Å². The summed E-state index contributed by atoms with van der Waals surface area (Å²) in [5.41, 5.74) is 0. The number of rotatable bonds is 0. The number of aliphatic hydroxyl groups excluding tert-OH is 1. The average molecular weight is 143 g/mol. The van der Waals surface area contributed by atoms with Gasteiger partial charge in [0.25, 0.3) is 0 Å². The molecular formula is C6H11N2O2+. The molecule has 0 saturated carbocycles. The van der Waals surface area contributed by atoms with Crippen LogP contribution in [0.1, 0.15) is 6.42 Å². The van der Waals surface area contributed by atoms with Gasteiger partial charge in [0.05, 0.1) is 0 Å². The molecule has 4 nitrogen and oxygen atoms in total. The van der Waals surface area contributed by atoms with Gasteiger partial charge in [-0.1, -0.05) is 0 Å². The Kier molecular flexibility index (Phi) is 1.27. The maximum Gasteiger partial charge on any atom is 0.387 e. The van der Waals surface area contributed by atoms with E-state index < -0.39 is 0 Å². The van der Waals surface area contributed by atoms with Crippen LogP contribution < -0.4 is 10.5 Å². The number of hydrogen-bond donors (Lipinski definition) is 3. The fourth-order valence-electron chi connectivity index (χ4n) is 1.48. The van der Waals surface area contributed by atoms with Gasteiger partial charge in [-0.05, 0) is 18.1 Å². The molecule has 0 radical (unpaired) electrons. The highest BCUT2D eigenvalue weighted by atomic mass is 16.7. The van der Waals surface area contributed by atoms with Gasteiger partial charge in [-0.3, -0.25) is 4.84 Å². The van der Waals surface area contributed by atoms with Gasteiger partial charge in [0.15, 0.2) is 6.10 Å². The fourth-order valence-corrected chi connectivity index (χ4v) is 1.48. The smallest absolute Gasteiger partial charge is 0.387 e. The zero-order valence-corrected chi connectivity index (χ0v) is 5.63. The second kappa shape index (κ2) is 2.12. The summed E-state index contributed by atoms with van der Waals surface area (Å²) in [4.78, 5) is 5.07. The lowest BCUT2D eigenvalue weighted by molar-refractivity contribution is -0.755. The molecule has 2 aliphatic heterocycles. The average Bonchev–Trinajstić information content (AvgIpc) is 2.34. The van der Waals surface area contributed by atoms with E-state index in [1.54, 1.807) is 0 Å². The minimum Gasteiger partial charge on any atom is -0.460 e. The third-order valence-corrected chi connectivity index (χ3v) is 2.09. The van der Waals surface area contributed by atoms with Gasteiger partial charge in [0.1, 0.15) is 5.92 Å². The van der Waals surface area contributed by atoms with Crippen LogP contribution in [0.4, 0.5) is 0 Å². The van der Waals surface area contributed by atoms with Crippen molar-refractivity contribution in [3.05, 3.63) is 0 Å². The molecule has 0 amide bonds. The molecule has 0 aromatic heterocycles. The highest BCUT2D eigenvalue weighted by Crippen LogP contribution is 2.15. The summed E-state index contributed by atoms with van der Waals surface area (Å²) in [7, 11) is 0. The van der Waals surface area contributed by atoms with Gasteiger partial charge in [0, 0.05) is 6.54 Å². The Morgan fingerprint density at radius 1 is 1.70 bits per heavy atom. The lowest BCUT2D eigenvalue weighted by Gasteiger charge is -2.18. The van der Waals surface area contributed by atoms with Gasteiger partial charge >= 0.3 is 5.90 Å². The van der Waals surface area contributed by atoms with E-state index in [0.717, 1.165) is 19.5 Å². The SMILES string of the molecule is OC1=[NH+]OC2CNCCC12. The van der Waals surface area contributed by atoms with Crippen molar-refractivity contribution in [1.82, 2.24) is 5.32 Å². The largest absolute Gasteiger partial charge is 0.460 e. The fraction of sp³-hybridized carbons (Fsp3) is 0.833. The van der Waals surface area contributed by atoms with E-state index in [1.165, 1.54) is 0 Å². The maximum atomic E-state index is 9.18. The van der Waals surface area contributed by atoms with E-state index >= 15 is 0 Å². The summed E-state index contributed by atoms with van der Waals surface area (Å²) >= 11 is 0. The molecule has 2 heterocycles. The number of piperidine rings is 1. The molecule has 0 aromatic carbocycles. The predicted octanol–water partition coefficient (Wildman–Crippen LogP) is -2.05. The molecule has 3 N–H and O–H groups in total. The quantitative estimate of drug-likeness (QED) is 0.366. The van der Waals surface area contributed by atoms with Crippen molar-refractivity contribution in [2.45, 2.75) is 12.5 Å². The van der Waals surface area contributed by atoms with Crippen molar-refractivity contribution in [2.75, 3.05) is 13.1 Å². The Labute approximate surface area is 58.9 Å². The Morgan fingerprint density at radius 3 is 3.40 bits per heavy atom. The second-order valence-electron chi connectivity index (χ2n) is 2.74. The standard InChI is InChI=1S/C6H10N2O2/c9-6-4-1-2-7-3-5(4)10-8-6/h4-5,7H,1-3H2,(H,8,9)/p+1. The van der Waals surface area contributed by atoms with Crippen molar-refractivity contribution in [2.24, 2.45) is 5.92 Å². The highest BCUT2D eigenvalue weighted by Gasteiger charge is 2.41. The Morgan fingerprint density at radius 2 is 2.60 bits per heavy atom. The lowest BCUT2D eigenvalue weighted by atomic mass is 9.96. The Bertz CT molecular complexity index is 169. The minimum absolute atomic E-state index is 0.133. The summed E-state index contributed by atoms with van der Waals surface area (Å²) < 4.78 is 0. The molecule has 2 atom stereocenters. The van der Waals surface area contributed by atoms with Crippen molar-refractivity contribution in [1.29, 1.82) is 0 Å². The van der Waals surface area contributed by atoms with Gasteiger partial charge in [-0.15, -0.1) is 0 Å². The van der Waals surface area contributed by atoms with Crippen molar-refractivity contribution in [3.63, 3.8) is 0 Å². The molecule has 4 heteroatoms. The molecule has 10 heavy (non-hydrogen) atoms. The number of aliphatic hydroxyl groups is 1. The first kappa shape index (κ1) is 5.97. The molecular weight excluding hydrogens is 132 g/mol. The number of nitrogens with one attached hydrogen (secondary N) is 2. The molecule has 0 aromatic rings. The van der Waals surface area contributed by atoms with Gasteiger partial charge < -0.3 is 10.4 Å². The van der Waals surface area contributed by atoms with Gasteiger partial charge in [-0.2, -0.15) is 0 Å². The van der Waals surface area contributed by atoms with Crippen molar-refractivity contribution < 1.29 is 15.1 Å². The normalized spacial score (nSPS) is 38.2. The second-order valence-corrected chi connectivity index (χ2v) is 2.74. The molecule has 0 spiro atoms. The number of fused-ring (bicyclic) bond motifs is 1. The van der Waals surface area contributed by atoms with Crippen LogP contribution in [0.2, 0.25) is 0 Å². The molecule has 1 fully saturated rings. The van der Waals surface area contributed by atoms with Crippen LogP contribution in [0.3, 0.4) is 0 Å². The predicted molar refractivity (Wildman–Crippen MR) is 34.4 cm³/mol. The van der Waals surface area contributed by atoms with E-state index in [4.69, 9.17) is 4.84 Å². The third-order valence-electron chi connectivity index (χ3n) is 2.09. The minimum atomic E-state index is 0.133. The highest BCUT2D eigenvalue weighted by molar-refractivity contribution is 5.71. The molecule has 56 valence electrons. The van der Waals surface area contributed by atoms with Crippen molar-refractivity contribution >= 4 is 5.90 Å². The van der Waals surface area contributed by atoms with Crippen LogP contribution in [0, 0.1) is 5.92 Å². The monoisotopic (exact) mass is 143 g/mol. The summed E-state index contributed by atoms with van der Waals surface area (Å²) in [6, 6.07) is 0. The van der Waals surface area contributed by atoms with E-state index in [9.17, 15) is 5.11 Å². The Hall–Kier alpha value is -0.770. The summed E-state index contributed by atoms with van der Waals surface area (Å²) in [5.74, 6) is 0.507. The van der Waals surface area contributed by atoms with Gasteiger partial charge in [-0.25, -0.2) is 0 Å². The van der Waals surface area contributed by atoms with Gasteiger partial charge in [0.2, 0.25) is 0 Å². The van der Waals surface area contributed by atoms with Crippen LogP contribution in [-0.2, 0) is 4.84 Å².